The number of hydrogen-bond donors (Lipinski definition) is 1. The number of thioether (sulfide) groups is 1. The maximum absolute atomic E-state index is 12.2. The van der Waals surface area contributed by atoms with Crippen molar-refractivity contribution in [1.29, 1.82) is 5.26 Å². The van der Waals surface area contributed by atoms with Crippen LogP contribution in [0.15, 0.2) is 0 Å². The second kappa shape index (κ2) is 6.06. The summed E-state index contributed by atoms with van der Waals surface area (Å²) in [6.45, 7) is 7.69. The largest absolute Gasteiger partial charge is 0.396 e. The molecule has 1 aromatic rings. The van der Waals surface area contributed by atoms with Crippen LogP contribution < -0.4 is 10.6 Å². The molecule has 4 nitrogen and oxygen atoms in total. The van der Waals surface area contributed by atoms with Gasteiger partial charge in [0.05, 0.1) is 10.6 Å². The van der Waals surface area contributed by atoms with Gasteiger partial charge in [0.25, 0.3) is 0 Å². The summed E-state index contributed by atoms with van der Waals surface area (Å²) in [5.41, 5.74) is 6.86. The SMILES string of the molecule is CC1CN(c2sc(C(=O)C(C)C)c(N)c2C#N)CCS1. The number of ketones is 1. The van der Waals surface area contributed by atoms with Gasteiger partial charge in [-0.05, 0) is 0 Å². The van der Waals surface area contributed by atoms with Crippen LogP contribution in [0.3, 0.4) is 0 Å². The summed E-state index contributed by atoms with van der Waals surface area (Å²) in [6, 6.07) is 2.17. The first-order chi connectivity index (χ1) is 9.45. The lowest BCUT2D eigenvalue weighted by Gasteiger charge is -2.31. The Morgan fingerprint density at radius 3 is 2.80 bits per heavy atom. The van der Waals surface area contributed by atoms with Gasteiger partial charge in [-0.25, -0.2) is 0 Å². The molecule has 0 amide bonds. The molecule has 1 unspecified atom stereocenters. The van der Waals surface area contributed by atoms with Crippen LogP contribution in [0.2, 0.25) is 0 Å². The molecule has 20 heavy (non-hydrogen) atoms. The number of thiophene rings is 1. The van der Waals surface area contributed by atoms with Gasteiger partial charge in [0.1, 0.15) is 16.6 Å². The zero-order valence-electron chi connectivity index (χ0n) is 12.0. The molecule has 1 aliphatic heterocycles. The number of carbonyl (C=O) groups is 1. The highest BCUT2D eigenvalue weighted by molar-refractivity contribution is 8.00. The minimum Gasteiger partial charge on any atom is -0.396 e. The van der Waals surface area contributed by atoms with E-state index in [0.717, 1.165) is 23.8 Å². The van der Waals surface area contributed by atoms with E-state index < -0.39 is 0 Å². The van der Waals surface area contributed by atoms with Gasteiger partial charge in [-0.2, -0.15) is 17.0 Å². The maximum Gasteiger partial charge on any atom is 0.177 e. The second-order valence-corrected chi connectivity index (χ2v) is 7.83. The molecular formula is C14H19N3OS2. The predicted octanol–water partition coefficient (Wildman–Crippen LogP) is 2.98. The molecule has 1 saturated heterocycles. The summed E-state index contributed by atoms with van der Waals surface area (Å²) in [6.07, 6.45) is 0. The Morgan fingerprint density at radius 1 is 1.55 bits per heavy atom. The van der Waals surface area contributed by atoms with Gasteiger partial charge in [0.15, 0.2) is 5.78 Å². The summed E-state index contributed by atoms with van der Waals surface area (Å²) in [7, 11) is 0. The highest BCUT2D eigenvalue weighted by Crippen LogP contribution is 2.40. The van der Waals surface area contributed by atoms with Gasteiger partial charge >= 0.3 is 0 Å². The number of nitriles is 1. The van der Waals surface area contributed by atoms with Crippen molar-refractivity contribution in [3.8, 4) is 6.07 Å². The van der Waals surface area contributed by atoms with Crippen molar-refractivity contribution in [3.63, 3.8) is 0 Å². The average molecular weight is 309 g/mol. The van der Waals surface area contributed by atoms with E-state index in [2.05, 4.69) is 17.9 Å². The summed E-state index contributed by atoms with van der Waals surface area (Å²) in [5.74, 6) is 0.956. The molecule has 2 rings (SSSR count). The van der Waals surface area contributed by atoms with Crippen molar-refractivity contribution >= 4 is 39.6 Å². The van der Waals surface area contributed by atoms with Crippen LogP contribution in [0, 0.1) is 17.2 Å². The van der Waals surface area contributed by atoms with Gasteiger partial charge in [0.2, 0.25) is 0 Å². The van der Waals surface area contributed by atoms with E-state index in [9.17, 15) is 10.1 Å². The highest BCUT2D eigenvalue weighted by Gasteiger charge is 2.27. The lowest BCUT2D eigenvalue weighted by Crippen LogP contribution is -2.36. The van der Waals surface area contributed by atoms with Crippen LogP contribution in [0.4, 0.5) is 10.7 Å². The molecule has 0 saturated carbocycles. The van der Waals surface area contributed by atoms with Crippen molar-refractivity contribution in [2.75, 3.05) is 29.5 Å². The number of carbonyl (C=O) groups excluding carboxylic acids is 1. The van der Waals surface area contributed by atoms with E-state index in [-0.39, 0.29) is 11.7 Å². The van der Waals surface area contributed by atoms with Crippen LogP contribution in [0.25, 0.3) is 0 Å². The van der Waals surface area contributed by atoms with Gasteiger partial charge in [0, 0.05) is 30.0 Å². The Kier molecular flexibility index (Phi) is 4.61. The number of hydrogen-bond acceptors (Lipinski definition) is 6. The fourth-order valence-corrected chi connectivity index (χ4v) is 4.52. The third-order valence-electron chi connectivity index (χ3n) is 3.31. The first kappa shape index (κ1) is 15.2. The van der Waals surface area contributed by atoms with Gasteiger partial charge in [-0.15, -0.1) is 11.3 Å². The van der Waals surface area contributed by atoms with Gasteiger partial charge < -0.3 is 10.6 Å². The molecule has 0 spiro atoms. The van der Waals surface area contributed by atoms with Crippen LogP contribution in [-0.4, -0.2) is 29.9 Å². The van der Waals surface area contributed by atoms with Gasteiger partial charge in [-0.3, -0.25) is 4.79 Å². The molecule has 0 aliphatic carbocycles. The molecule has 108 valence electrons. The van der Waals surface area contributed by atoms with E-state index in [1.54, 1.807) is 0 Å². The minimum absolute atomic E-state index is 0.0229. The highest BCUT2D eigenvalue weighted by atomic mass is 32.2. The summed E-state index contributed by atoms with van der Waals surface area (Å²) in [4.78, 5) is 14.9. The van der Waals surface area contributed by atoms with Crippen LogP contribution >= 0.6 is 23.1 Å². The third-order valence-corrected chi connectivity index (χ3v) is 5.73. The number of nitrogen functional groups attached to an aromatic ring is 1. The molecular weight excluding hydrogens is 290 g/mol. The van der Waals surface area contributed by atoms with E-state index >= 15 is 0 Å². The topological polar surface area (TPSA) is 70.1 Å². The monoisotopic (exact) mass is 309 g/mol. The maximum atomic E-state index is 12.2. The van der Waals surface area contributed by atoms with Crippen molar-refractivity contribution in [2.45, 2.75) is 26.0 Å². The normalized spacial score (nSPS) is 19.1. The Labute approximate surface area is 127 Å². The van der Waals surface area contributed by atoms with E-state index in [4.69, 9.17) is 5.73 Å². The lowest BCUT2D eigenvalue weighted by molar-refractivity contribution is 0.0944. The Hall–Kier alpha value is -1.19. The number of Topliss-reactive ketones (excluding diaryl/α,β-unsaturated/α-hetero) is 1. The zero-order chi connectivity index (χ0) is 14.9. The molecule has 0 bridgehead atoms. The Morgan fingerprint density at radius 2 is 2.25 bits per heavy atom. The summed E-state index contributed by atoms with van der Waals surface area (Å²) < 4.78 is 0. The molecule has 0 aromatic carbocycles. The number of anilines is 2. The summed E-state index contributed by atoms with van der Waals surface area (Å²) in [5, 5.41) is 10.8. The quantitative estimate of drug-likeness (QED) is 0.869. The second-order valence-electron chi connectivity index (χ2n) is 5.28. The zero-order valence-corrected chi connectivity index (χ0v) is 13.6. The minimum atomic E-state index is -0.105. The van der Waals surface area contributed by atoms with Crippen LogP contribution in [0.5, 0.6) is 0 Å². The molecule has 2 heterocycles. The van der Waals surface area contributed by atoms with E-state index in [1.165, 1.54) is 11.3 Å². The van der Waals surface area contributed by atoms with Gasteiger partial charge in [-0.1, -0.05) is 20.8 Å². The van der Waals surface area contributed by atoms with E-state index in [0.29, 0.717) is 21.4 Å². The number of rotatable bonds is 3. The number of nitrogens with two attached hydrogens (primary N) is 1. The Balaban J connectivity index is 2.41. The standard InChI is InChI=1S/C14H19N3OS2/c1-8(2)12(18)13-11(16)10(6-15)14(20-13)17-4-5-19-9(3)7-17/h8-9H,4-5,7,16H2,1-3H3. The molecule has 1 fully saturated rings. The van der Waals surface area contributed by atoms with E-state index in [1.807, 2.05) is 25.6 Å². The van der Waals surface area contributed by atoms with Crippen molar-refractivity contribution in [1.82, 2.24) is 0 Å². The molecule has 6 heteroatoms. The summed E-state index contributed by atoms with van der Waals surface area (Å²) >= 11 is 3.31. The predicted molar refractivity (Wildman–Crippen MR) is 86.7 cm³/mol. The molecule has 1 atom stereocenters. The number of nitrogens with zero attached hydrogens (tertiary/aromatic N) is 2. The molecule has 0 radical (unpaired) electrons. The van der Waals surface area contributed by atoms with Crippen molar-refractivity contribution in [3.05, 3.63) is 10.4 Å². The fourth-order valence-electron chi connectivity index (χ4n) is 2.21. The first-order valence-corrected chi connectivity index (χ1v) is 8.55. The third kappa shape index (κ3) is 2.79. The molecule has 2 N–H and O–H groups in total. The molecule has 1 aromatic heterocycles. The van der Waals surface area contributed by atoms with Crippen molar-refractivity contribution in [2.24, 2.45) is 5.92 Å². The molecule has 1 aliphatic rings. The average Bonchev–Trinajstić information content (AvgIpc) is 2.74. The fraction of sp³-hybridized carbons (Fsp3) is 0.571. The van der Waals surface area contributed by atoms with Crippen molar-refractivity contribution < 1.29 is 4.79 Å². The first-order valence-electron chi connectivity index (χ1n) is 6.68. The Bertz CT molecular complexity index is 560. The lowest BCUT2D eigenvalue weighted by atomic mass is 10.1. The smallest absolute Gasteiger partial charge is 0.177 e. The van der Waals surface area contributed by atoms with Crippen LogP contribution in [-0.2, 0) is 0 Å². The van der Waals surface area contributed by atoms with Crippen LogP contribution in [0.1, 0.15) is 36.0 Å².